The Labute approximate surface area is 116 Å². The van der Waals surface area contributed by atoms with Crippen molar-refractivity contribution in [1.82, 2.24) is 0 Å². The van der Waals surface area contributed by atoms with Crippen LogP contribution < -0.4 is 5.32 Å². The van der Waals surface area contributed by atoms with Gasteiger partial charge in [-0.1, -0.05) is 12.1 Å². The van der Waals surface area contributed by atoms with Crippen LogP contribution in [0.1, 0.15) is 11.1 Å². The van der Waals surface area contributed by atoms with E-state index in [-0.39, 0.29) is 0 Å². The second kappa shape index (κ2) is 9.78. The third kappa shape index (κ3) is 6.57. The molecule has 0 atom stereocenters. The Morgan fingerprint density at radius 2 is 1.63 bits per heavy atom. The highest BCUT2D eigenvalue weighted by molar-refractivity contribution is 5.53. The molecule has 4 nitrogen and oxygen atoms in total. The van der Waals surface area contributed by atoms with Crippen molar-refractivity contribution in [3.05, 3.63) is 29.3 Å². The van der Waals surface area contributed by atoms with Gasteiger partial charge in [0.05, 0.1) is 33.0 Å². The highest BCUT2D eigenvalue weighted by Gasteiger charge is 1.99. The largest absolute Gasteiger partial charge is 0.383 e. The van der Waals surface area contributed by atoms with Crippen molar-refractivity contribution in [2.24, 2.45) is 0 Å². The first-order valence-corrected chi connectivity index (χ1v) is 6.70. The maximum atomic E-state index is 5.48. The molecule has 0 aliphatic rings. The predicted octanol–water partition coefficient (Wildman–Crippen LogP) is 2.39. The summed E-state index contributed by atoms with van der Waals surface area (Å²) in [5.74, 6) is 0. The van der Waals surface area contributed by atoms with E-state index in [0.29, 0.717) is 33.0 Å². The minimum Gasteiger partial charge on any atom is -0.383 e. The SMILES string of the molecule is COCCOCCOCCNc1cccc(C)c1C. The summed E-state index contributed by atoms with van der Waals surface area (Å²) in [4.78, 5) is 0. The van der Waals surface area contributed by atoms with Gasteiger partial charge in [-0.25, -0.2) is 0 Å². The lowest BCUT2D eigenvalue weighted by Crippen LogP contribution is -2.14. The first-order valence-electron chi connectivity index (χ1n) is 6.70. The number of aryl methyl sites for hydroxylation is 1. The van der Waals surface area contributed by atoms with Crippen LogP contribution in [-0.4, -0.2) is 46.7 Å². The van der Waals surface area contributed by atoms with E-state index in [1.807, 2.05) is 0 Å². The van der Waals surface area contributed by atoms with Crippen LogP contribution in [0.4, 0.5) is 5.69 Å². The van der Waals surface area contributed by atoms with Crippen LogP contribution in [0.15, 0.2) is 18.2 Å². The zero-order valence-electron chi connectivity index (χ0n) is 12.2. The molecule has 0 unspecified atom stereocenters. The van der Waals surface area contributed by atoms with Crippen LogP contribution in [0.2, 0.25) is 0 Å². The molecule has 0 amide bonds. The fraction of sp³-hybridized carbons (Fsp3) is 0.600. The van der Waals surface area contributed by atoms with Gasteiger partial charge in [0.25, 0.3) is 0 Å². The molecule has 0 radical (unpaired) electrons. The number of hydrogen-bond donors (Lipinski definition) is 1. The van der Waals surface area contributed by atoms with Gasteiger partial charge in [0.15, 0.2) is 0 Å². The summed E-state index contributed by atoms with van der Waals surface area (Å²) in [7, 11) is 1.67. The molecule has 0 aliphatic heterocycles. The van der Waals surface area contributed by atoms with Crippen LogP contribution in [-0.2, 0) is 14.2 Å². The number of nitrogens with one attached hydrogen (secondary N) is 1. The monoisotopic (exact) mass is 267 g/mol. The van der Waals surface area contributed by atoms with Gasteiger partial charge in [0.2, 0.25) is 0 Å². The lowest BCUT2D eigenvalue weighted by Gasteiger charge is -2.11. The fourth-order valence-electron chi connectivity index (χ4n) is 1.66. The Morgan fingerprint density at radius 1 is 0.947 bits per heavy atom. The normalized spacial score (nSPS) is 10.7. The Bertz CT molecular complexity index is 355. The molecule has 0 aliphatic carbocycles. The molecule has 0 bridgehead atoms. The van der Waals surface area contributed by atoms with Gasteiger partial charge in [-0.15, -0.1) is 0 Å². The first-order chi connectivity index (χ1) is 9.25. The number of methoxy groups -OCH3 is 1. The third-order valence-corrected chi connectivity index (χ3v) is 2.97. The van der Waals surface area contributed by atoms with Gasteiger partial charge >= 0.3 is 0 Å². The average molecular weight is 267 g/mol. The van der Waals surface area contributed by atoms with Gasteiger partial charge in [0.1, 0.15) is 0 Å². The number of ether oxygens (including phenoxy) is 3. The standard InChI is InChI=1S/C15H25NO3/c1-13-5-4-6-15(14(13)2)16-7-8-18-11-12-19-10-9-17-3/h4-6,16H,7-12H2,1-3H3. The average Bonchev–Trinajstić information content (AvgIpc) is 2.41. The molecule has 0 aromatic heterocycles. The summed E-state index contributed by atoms with van der Waals surface area (Å²) in [6.07, 6.45) is 0. The maximum Gasteiger partial charge on any atom is 0.0701 e. The van der Waals surface area contributed by atoms with Crippen LogP contribution in [0.5, 0.6) is 0 Å². The minimum atomic E-state index is 0.618. The Balaban J connectivity index is 2.03. The minimum absolute atomic E-state index is 0.618. The lowest BCUT2D eigenvalue weighted by molar-refractivity contribution is 0.0272. The molecule has 0 fully saturated rings. The van der Waals surface area contributed by atoms with E-state index in [4.69, 9.17) is 14.2 Å². The second-order valence-corrected chi connectivity index (χ2v) is 4.39. The Kier molecular flexibility index (Phi) is 8.21. The summed E-state index contributed by atoms with van der Waals surface area (Å²) < 4.78 is 15.7. The zero-order chi connectivity index (χ0) is 13.9. The summed E-state index contributed by atoms with van der Waals surface area (Å²) in [5.41, 5.74) is 3.78. The van der Waals surface area contributed by atoms with Crippen molar-refractivity contribution >= 4 is 5.69 Å². The van der Waals surface area contributed by atoms with Crippen LogP contribution >= 0.6 is 0 Å². The van der Waals surface area contributed by atoms with E-state index in [0.717, 1.165) is 6.54 Å². The van der Waals surface area contributed by atoms with Crippen molar-refractivity contribution in [3.63, 3.8) is 0 Å². The Hall–Kier alpha value is -1.10. The summed E-state index contributed by atoms with van der Waals surface area (Å²) >= 11 is 0. The molecule has 1 aromatic carbocycles. The van der Waals surface area contributed by atoms with Crippen molar-refractivity contribution < 1.29 is 14.2 Å². The van der Waals surface area contributed by atoms with E-state index in [1.54, 1.807) is 7.11 Å². The molecule has 0 saturated carbocycles. The molecule has 19 heavy (non-hydrogen) atoms. The number of benzene rings is 1. The van der Waals surface area contributed by atoms with Crippen LogP contribution in [0.25, 0.3) is 0 Å². The number of hydrogen-bond acceptors (Lipinski definition) is 4. The summed E-state index contributed by atoms with van der Waals surface area (Å²) in [5, 5.41) is 3.38. The van der Waals surface area contributed by atoms with Crippen molar-refractivity contribution in [3.8, 4) is 0 Å². The van der Waals surface area contributed by atoms with E-state index in [1.165, 1.54) is 16.8 Å². The quantitative estimate of drug-likeness (QED) is 0.661. The van der Waals surface area contributed by atoms with E-state index >= 15 is 0 Å². The maximum absolute atomic E-state index is 5.48. The molecule has 4 heteroatoms. The number of anilines is 1. The molecule has 1 N–H and O–H groups in total. The molecular weight excluding hydrogens is 242 g/mol. The van der Waals surface area contributed by atoms with Gasteiger partial charge in [-0.05, 0) is 31.0 Å². The van der Waals surface area contributed by atoms with E-state index in [2.05, 4.69) is 37.4 Å². The topological polar surface area (TPSA) is 39.7 Å². The van der Waals surface area contributed by atoms with Gasteiger partial charge in [-0.3, -0.25) is 0 Å². The molecule has 108 valence electrons. The van der Waals surface area contributed by atoms with Gasteiger partial charge < -0.3 is 19.5 Å². The first kappa shape index (κ1) is 16.0. The van der Waals surface area contributed by atoms with Crippen LogP contribution in [0.3, 0.4) is 0 Å². The molecule has 0 saturated heterocycles. The van der Waals surface area contributed by atoms with Crippen molar-refractivity contribution in [2.75, 3.05) is 52.0 Å². The smallest absolute Gasteiger partial charge is 0.0701 e. The van der Waals surface area contributed by atoms with Crippen LogP contribution in [0, 0.1) is 13.8 Å². The predicted molar refractivity (Wildman–Crippen MR) is 77.9 cm³/mol. The second-order valence-electron chi connectivity index (χ2n) is 4.39. The summed E-state index contributed by atoms with van der Waals surface area (Å²) in [6.45, 7) is 8.24. The fourth-order valence-corrected chi connectivity index (χ4v) is 1.66. The number of rotatable bonds is 10. The highest BCUT2D eigenvalue weighted by atomic mass is 16.5. The highest BCUT2D eigenvalue weighted by Crippen LogP contribution is 2.17. The van der Waals surface area contributed by atoms with E-state index < -0.39 is 0 Å². The molecule has 1 rings (SSSR count). The summed E-state index contributed by atoms with van der Waals surface area (Å²) in [6, 6.07) is 6.28. The molecule has 0 heterocycles. The lowest BCUT2D eigenvalue weighted by atomic mass is 10.1. The molecule has 0 spiro atoms. The van der Waals surface area contributed by atoms with Crippen molar-refractivity contribution in [2.45, 2.75) is 13.8 Å². The zero-order valence-corrected chi connectivity index (χ0v) is 12.2. The van der Waals surface area contributed by atoms with Gasteiger partial charge in [0, 0.05) is 19.3 Å². The van der Waals surface area contributed by atoms with Crippen molar-refractivity contribution in [1.29, 1.82) is 0 Å². The van der Waals surface area contributed by atoms with Gasteiger partial charge in [-0.2, -0.15) is 0 Å². The molecular formula is C15H25NO3. The van der Waals surface area contributed by atoms with E-state index in [9.17, 15) is 0 Å². The third-order valence-electron chi connectivity index (χ3n) is 2.97. The molecule has 1 aromatic rings. The Morgan fingerprint density at radius 3 is 2.37 bits per heavy atom.